The maximum Gasteiger partial charge on any atom is 0.193 e. The number of benzene rings is 1. The van der Waals surface area contributed by atoms with E-state index < -0.39 is 0 Å². The molecule has 0 aromatic heterocycles. The molecule has 1 aliphatic carbocycles. The Morgan fingerprint density at radius 2 is 2.10 bits per heavy atom. The van der Waals surface area contributed by atoms with Gasteiger partial charge in [-0.05, 0) is 63.9 Å². The molecule has 3 N–H and O–H groups in total. The summed E-state index contributed by atoms with van der Waals surface area (Å²) in [4.78, 5) is 6.84. The summed E-state index contributed by atoms with van der Waals surface area (Å²) in [6.45, 7) is 7.13. The molecule has 1 unspecified atom stereocenters. The molecule has 1 aliphatic rings. The van der Waals surface area contributed by atoms with Crippen molar-refractivity contribution in [3.8, 4) is 0 Å². The molecule has 20 heavy (non-hydrogen) atoms. The van der Waals surface area contributed by atoms with Crippen LogP contribution in [0.15, 0.2) is 23.2 Å². The molecule has 1 saturated carbocycles. The number of hydrogen-bond acceptors (Lipinski definition) is 2. The van der Waals surface area contributed by atoms with Crippen LogP contribution in [0.2, 0.25) is 0 Å². The van der Waals surface area contributed by atoms with E-state index >= 15 is 0 Å². The minimum atomic E-state index is 0.433. The summed E-state index contributed by atoms with van der Waals surface area (Å²) in [5.41, 5.74) is 9.49. The van der Waals surface area contributed by atoms with Gasteiger partial charge in [0, 0.05) is 17.8 Å². The zero-order valence-electron chi connectivity index (χ0n) is 13.0. The summed E-state index contributed by atoms with van der Waals surface area (Å²) in [7, 11) is 2.17. The molecule has 0 radical (unpaired) electrons. The van der Waals surface area contributed by atoms with Crippen molar-refractivity contribution in [3.63, 3.8) is 0 Å². The lowest BCUT2D eigenvalue weighted by Crippen LogP contribution is -2.34. The van der Waals surface area contributed by atoms with E-state index in [2.05, 4.69) is 55.2 Å². The van der Waals surface area contributed by atoms with Crippen molar-refractivity contribution in [1.82, 2.24) is 4.90 Å². The van der Waals surface area contributed by atoms with Crippen molar-refractivity contribution in [1.29, 1.82) is 0 Å². The molecule has 0 saturated heterocycles. The summed E-state index contributed by atoms with van der Waals surface area (Å²) in [6.07, 6.45) is 2.64. The zero-order valence-corrected chi connectivity index (χ0v) is 13.0. The second kappa shape index (κ2) is 6.27. The third kappa shape index (κ3) is 3.97. The normalized spacial score (nSPS) is 17.4. The second-order valence-corrected chi connectivity index (χ2v) is 5.90. The number of nitrogens with one attached hydrogen (secondary N) is 1. The Labute approximate surface area is 122 Å². The van der Waals surface area contributed by atoms with Crippen molar-refractivity contribution in [3.05, 3.63) is 29.3 Å². The molecule has 0 spiro atoms. The Kier molecular flexibility index (Phi) is 4.65. The number of rotatable bonds is 5. The average Bonchev–Trinajstić information content (AvgIpc) is 3.24. The molecule has 1 atom stereocenters. The third-order valence-corrected chi connectivity index (χ3v) is 4.12. The molecule has 0 amide bonds. The summed E-state index contributed by atoms with van der Waals surface area (Å²) in [5, 5.41) is 3.16. The fraction of sp³-hybridized carbons (Fsp3) is 0.562. The van der Waals surface area contributed by atoms with Gasteiger partial charge < -0.3 is 11.1 Å². The minimum Gasteiger partial charge on any atom is -0.370 e. The highest BCUT2D eigenvalue weighted by atomic mass is 15.2. The van der Waals surface area contributed by atoms with Crippen molar-refractivity contribution in [2.75, 3.05) is 18.9 Å². The Balaban J connectivity index is 1.88. The maximum atomic E-state index is 5.95. The van der Waals surface area contributed by atoms with Crippen LogP contribution in [0.25, 0.3) is 0 Å². The molecule has 0 aliphatic heterocycles. The van der Waals surface area contributed by atoms with Gasteiger partial charge in [-0.1, -0.05) is 6.07 Å². The summed E-state index contributed by atoms with van der Waals surface area (Å²) >= 11 is 0. The third-order valence-electron chi connectivity index (χ3n) is 4.12. The Morgan fingerprint density at radius 1 is 1.40 bits per heavy atom. The average molecular weight is 274 g/mol. The van der Waals surface area contributed by atoms with Crippen LogP contribution >= 0.6 is 0 Å². The van der Waals surface area contributed by atoms with Gasteiger partial charge in [0.1, 0.15) is 0 Å². The van der Waals surface area contributed by atoms with E-state index in [9.17, 15) is 0 Å². The van der Waals surface area contributed by atoms with Gasteiger partial charge >= 0.3 is 0 Å². The summed E-state index contributed by atoms with van der Waals surface area (Å²) in [6, 6.07) is 7.41. The van der Waals surface area contributed by atoms with Gasteiger partial charge in [0.25, 0.3) is 0 Å². The van der Waals surface area contributed by atoms with Gasteiger partial charge in [-0.15, -0.1) is 0 Å². The van der Waals surface area contributed by atoms with Crippen molar-refractivity contribution in [2.45, 2.75) is 45.7 Å². The van der Waals surface area contributed by atoms with Crippen LogP contribution in [0, 0.1) is 13.8 Å². The van der Waals surface area contributed by atoms with E-state index in [1.165, 1.54) is 24.0 Å². The van der Waals surface area contributed by atoms with Crippen LogP contribution in [0.1, 0.15) is 30.9 Å². The molecule has 1 aromatic rings. The van der Waals surface area contributed by atoms with Crippen LogP contribution in [0.5, 0.6) is 0 Å². The Bertz CT molecular complexity index is 491. The van der Waals surface area contributed by atoms with Crippen LogP contribution in [-0.2, 0) is 0 Å². The van der Waals surface area contributed by atoms with E-state index in [0.717, 1.165) is 18.3 Å². The van der Waals surface area contributed by atoms with E-state index in [1.807, 2.05) is 6.07 Å². The van der Waals surface area contributed by atoms with Gasteiger partial charge in [-0.25, -0.2) is 0 Å². The number of hydrogen-bond donors (Lipinski definition) is 2. The lowest BCUT2D eigenvalue weighted by Gasteiger charge is -2.22. The molecule has 4 heteroatoms. The molecule has 110 valence electrons. The first-order valence-corrected chi connectivity index (χ1v) is 7.33. The van der Waals surface area contributed by atoms with Gasteiger partial charge in [0.15, 0.2) is 5.96 Å². The second-order valence-electron chi connectivity index (χ2n) is 5.90. The minimum absolute atomic E-state index is 0.433. The van der Waals surface area contributed by atoms with Crippen molar-refractivity contribution < 1.29 is 0 Å². The van der Waals surface area contributed by atoms with Crippen molar-refractivity contribution >= 4 is 11.6 Å². The first-order valence-electron chi connectivity index (χ1n) is 7.33. The topological polar surface area (TPSA) is 53.6 Å². The van der Waals surface area contributed by atoms with E-state index in [0.29, 0.717) is 12.0 Å². The molecule has 2 rings (SSSR count). The smallest absolute Gasteiger partial charge is 0.193 e. The predicted molar refractivity (Wildman–Crippen MR) is 86.3 cm³/mol. The number of guanidine groups is 1. The Morgan fingerprint density at radius 3 is 2.70 bits per heavy atom. The molecule has 0 bridgehead atoms. The fourth-order valence-corrected chi connectivity index (χ4v) is 2.21. The Hall–Kier alpha value is -1.55. The lowest BCUT2D eigenvalue weighted by atomic mass is 10.1. The summed E-state index contributed by atoms with van der Waals surface area (Å²) < 4.78 is 0. The number of anilines is 1. The van der Waals surface area contributed by atoms with Gasteiger partial charge in [0.05, 0.1) is 6.54 Å². The first kappa shape index (κ1) is 14.9. The first-order chi connectivity index (χ1) is 9.47. The van der Waals surface area contributed by atoms with Crippen LogP contribution in [0.3, 0.4) is 0 Å². The van der Waals surface area contributed by atoms with Crippen LogP contribution in [0.4, 0.5) is 5.69 Å². The number of nitrogens with zero attached hydrogens (tertiary/aromatic N) is 2. The number of aliphatic imine (C=N–C) groups is 1. The number of likely N-dealkylation sites (N-methyl/N-ethyl adjacent to an activating group) is 1. The molecule has 0 heterocycles. The van der Waals surface area contributed by atoms with Gasteiger partial charge in [-0.2, -0.15) is 0 Å². The standard InChI is InChI=1S/C16H26N4/c1-11-5-6-14(9-12(11)2)19-16(17)18-10-13(3)20(4)15-7-8-15/h5-6,9,13,15H,7-8,10H2,1-4H3,(H3,17,18,19). The van der Waals surface area contributed by atoms with Gasteiger partial charge in [0.2, 0.25) is 0 Å². The summed E-state index contributed by atoms with van der Waals surface area (Å²) in [5.74, 6) is 0.490. The van der Waals surface area contributed by atoms with Crippen molar-refractivity contribution in [2.24, 2.45) is 10.7 Å². The maximum absolute atomic E-state index is 5.95. The molecular weight excluding hydrogens is 248 g/mol. The SMILES string of the molecule is Cc1ccc(NC(N)=NCC(C)N(C)C2CC2)cc1C. The van der Waals surface area contributed by atoms with E-state index in [1.54, 1.807) is 0 Å². The fourth-order valence-electron chi connectivity index (χ4n) is 2.21. The quantitative estimate of drug-likeness (QED) is 0.641. The molecule has 1 aromatic carbocycles. The molecule has 4 nitrogen and oxygen atoms in total. The monoisotopic (exact) mass is 274 g/mol. The number of aryl methyl sites for hydroxylation is 2. The highest BCUT2D eigenvalue weighted by Crippen LogP contribution is 2.26. The molecular formula is C16H26N4. The van der Waals surface area contributed by atoms with Crippen LogP contribution < -0.4 is 11.1 Å². The van der Waals surface area contributed by atoms with Gasteiger partial charge in [-0.3, -0.25) is 9.89 Å². The van der Waals surface area contributed by atoms with E-state index in [4.69, 9.17) is 5.73 Å². The van der Waals surface area contributed by atoms with E-state index in [-0.39, 0.29) is 0 Å². The highest BCUT2D eigenvalue weighted by molar-refractivity contribution is 5.92. The zero-order chi connectivity index (χ0) is 14.7. The largest absolute Gasteiger partial charge is 0.370 e. The molecule has 1 fully saturated rings. The highest BCUT2D eigenvalue weighted by Gasteiger charge is 2.28. The van der Waals surface area contributed by atoms with Crippen LogP contribution in [-0.4, -0.2) is 36.5 Å². The number of nitrogens with two attached hydrogens (primary N) is 1. The lowest BCUT2D eigenvalue weighted by molar-refractivity contribution is 0.253. The predicted octanol–water partition coefficient (Wildman–Crippen LogP) is 2.51.